The molecule has 0 saturated heterocycles. The Morgan fingerprint density at radius 3 is 2.52 bits per heavy atom. The van der Waals surface area contributed by atoms with Crippen LogP contribution in [0.1, 0.15) is 72.0 Å². The molecule has 3 aromatic heterocycles. The van der Waals surface area contributed by atoms with Crippen molar-refractivity contribution in [2.24, 2.45) is 5.92 Å². The van der Waals surface area contributed by atoms with Crippen LogP contribution < -0.4 is 4.74 Å². The van der Waals surface area contributed by atoms with Crippen molar-refractivity contribution in [1.29, 1.82) is 0 Å². The molecule has 0 fully saturated rings. The number of carbonyl (C=O) groups is 1. The van der Waals surface area contributed by atoms with Gasteiger partial charge in [-0.15, -0.1) is 0 Å². The van der Waals surface area contributed by atoms with Crippen LogP contribution in [0, 0.1) is 5.92 Å². The van der Waals surface area contributed by atoms with Crippen molar-refractivity contribution in [3.8, 4) is 5.75 Å². The van der Waals surface area contributed by atoms with Crippen LogP contribution in [0.5, 0.6) is 5.75 Å². The molecular formula is C25H32N4O2. The molecule has 0 unspecified atom stereocenters. The quantitative estimate of drug-likeness (QED) is 0.255. The number of nitrogens with zero attached hydrogens (tertiary/aromatic N) is 4. The number of carbonyl (C=O) groups excluding carboxylic acids is 1. The highest BCUT2D eigenvalue weighted by Crippen LogP contribution is 2.35. The molecule has 164 valence electrons. The summed E-state index contributed by atoms with van der Waals surface area (Å²) in [4.78, 5) is 22.5. The van der Waals surface area contributed by atoms with Crippen molar-refractivity contribution in [3.05, 3.63) is 36.3 Å². The van der Waals surface area contributed by atoms with Crippen LogP contribution in [0.25, 0.3) is 27.7 Å². The molecule has 6 nitrogen and oxygen atoms in total. The first-order valence-electron chi connectivity index (χ1n) is 11.4. The van der Waals surface area contributed by atoms with Crippen molar-refractivity contribution in [1.82, 2.24) is 18.9 Å². The predicted molar refractivity (Wildman–Crippen MR) is 125 cm³/mol. The second kappa shape index (κ2) is 8.69. The first kappa shape index (κ1) is 21.3. The van der Waals surface area contributed by atoms with Gasteiger partial charge in [0.25, 0.3) is 0 Å². The third-order valence-electron chi connectivity index (χ3n) is 5.70. The normalized spacial score (nSPS) is 12.1. The number of aromatic nitrogens is 4. The van der Waals surface area contributed by atoms with E-state index in [-0.39, 0.29) is 17.8 Å². The number of unbranched alkanes of at least 4 members (excludes halogenated alkanes) is 3. The van der Waals surface area contributed by atoms with Gasteiger partial charge >= 0.3 is 5.97 Å². The van der Waals surface area contributed by atoms with Crippen molar-refractivity contribution in [2.75, 3.05) is 0 Å². The van der Waals surface area contributed by atoms with Crippen LogP contribution in [0.15, 0.2) is 30.5 Å². The predicted octanol–water partition coefficient (Wildman–Crippen LogP) is 6.10. The van der Waals surface area contributed by atoms with Gasteiger partial charge in [0.05, 0.1) is 17.0 Å². The molecule has 0 aliphatic heterocycles. The number of rotatable bonds is 8. The summed E-state index contributed by atoms with van der Waals surface area (Å²) in [5.41, 5.74) is 3.58. The molecule has 0 saturated carbocycles. The first-order chi connectivity index (χ1) is 14.9. The van der Waals surface area contributed by atoms with Crippen LogP contribution in [0.2, 0.25) is 0 Å². The average molecular weight is 421 g/mol. The van der Waals surface area contributed by atoms with Crippen LogP contribution in [-0.2, 0) is 11.3 Å². The molecule has 6 heteroatoms. The Balaban J connectivity index is 1.98. The summed E-state index contributed by atoms with van der Waals surface area (Å²) < 4.78 is 10.1. The van der Waals surface area contributed by atoms with Crippen LogP contribution >= 0.6 is 0 Å². The van der Waals surface area contributed by atoms with Gasteiger partial charge in [-0.25, -0.2) is 9.97 Å². The summed E-state index contributed by atoms with van der Waals surface area (Å²) >= 11 is 0. The van der Waals surface area contributed by atoms with E-state index in [1.807, 2.05) is 38.2 Å². The van der Waals surface area contributed by atoms with E-state index in [9.17, 15) is 4.79 Å². The number of hydrogen-bond acceptors (Lipinski definition) is 4. The molecule has 4 aromatic rings. The lowest BCUT2D eigenvalue weighted by molar-refractivity contribution is -0.137. The molecule has 0 spiro atoms. The number of para-hydroxylation sites is 2. The van der Waals surface area contributed by atoms with Crippen LogP contribution in [-0.4, -0.2) is 24.9 Å². The van der Waals surface area contributed by atoms with E-state index >= 15 is 0 Å². The third kappa shape index (κ3) is 3.91. The zero-order chi connectivity index (χ0) is 22.1. The van der Waals surface area contributed by atoms with Crippen molar-refractivity contribution in [3.63, 3.8) is 0 Å². The van der Waals surface area contributed by atoms with Gasteiger partial charge in [-0.2, -0.15) is 0 Å². The van der Waals surface area contributed by atoms with E-state index in [1.165, 1.54) is 19.3 Å². The molecular weight excluding hydrogens is 388 g/mol. The molecule has 0 atom stereocenters. The monoisotopic (exact) mass is 420 g/mol. The Morgan fingerprint density at radius 1 is 1.03 bits per heavy atom. The number of aryl methyl sites for hydroxylation is 1. The smallest absolute Gasteiger partial charge is 0.313 e. The minimum absolute atomic E-state index is 0.208. The molecule has 0 radical (unpaired) electrons. The largest absolute Gasteiger partial charge is 0.424 e. The van der Waals surface area contributed by atoms with Crippen molar-refractivity contribution >= 4 is 33.7 Å². The number of benzene rings is 1. The summed E-state index contributed by atoms with van der Waals surface area (Å²) in [5.74, 6) is 1.28. The Bertz CT molecular complexity index is 1230. The number of esters is 1. The Morgan fingerprint density at radius 2 is 1.81 bits per heavy atom. The van der Waals surface area contributed by atoms with E-state index < -0.39 is 0 Å². The highest BCUT2D eigenvalue weighted by Gasteiger charge is 2.24. The summed E-state index contributed by atoms with van der Waals surface area (Å²) in [6.07, 6.45) is 6.59. The van der Waals surface area contributed by atoms with Gasteiger partial charge in [-0.05, 0) is 18.6 Å². The van der Waals surface area contributed by atoms with Gasteiger partial charge in [0.2, 0.25) is 0 Å². The van der Waals surface area contributed by atoms with Gasteiger partial charge in [0.15, 0.2) is 11.4 Å². The third-order valence-corrected chi connectivity index (χ3v) is 5.70. The minimum atomic E-state index is -0.243. The molecule has 0 N–H and O–H groups in total. The Hall–Kier alpha value is -2.89. The second-order valence-electron chi connectivity index (χ2n) is 8.91. The summed E-state index contributed by atoms with van der Waals surface area (Å²) in [6, 6.07) is 8.09. The van der Waals surface area contributed by atoms with E-state index in [2.05, 4.69) is 35.8 Å². The molecule has 0 aliphatic rings. The molecule has 1 aromatic carbocycles. The van der Waals surface area contributed by atoms with Gasteiger partial charge in [-0.3, -0.25) is 9.20 Å². The lowest BCUT2D eigenvalue weighted by Crippen LogP contribution is -2.14. The Labute approximate surface area is 183 Å². The van der Waals surface area contributed by atoms with Gasteiger partial charge in [0, 0.05) is 18.7 Å². The maximum atomic E-state index is 12.5. The first-order valence-corrected chi connectivity index (χ1v) is 11.4. The minimum Gasteiger partial charge on any atom is -0.424 e. The number of hydrogen-bond donors (Lipinski definition) is 0. The van der Waals surface area contributed by atoms with Crippen molar-refractivity contribution in [2.45, 2.75) is 72.8 Å². The van der Waals surface area contributed by atoms with E-state index in [4.69, 9.17) is 14.7 Å². The fourth-order valence-electron chi connectivity index (χ4n) is 4.01. The molecule has 3 heterocycles. The van der Waals surface area contributed by atoms with Crippen LogP contribution in [0.4, 0.5) is 0 Å². The second-order valence-corrected chi connectivity index (χ2v) is 8.91. The zero-order valence-electron chi connectivity index (χ0n) is 19.2. The van der Waals surface area contributed by atoms with E-state index in [0.717, 1.165) is 46.5 Å². The molecule has 0 amide bonds. The Kier molecular flexibility index (Phi) is 5.99. The fraction of sp³-hybridized carbons (Fsp3) is 0.480. The van der Waals surface area contributed by atoms with Crippen LogP contribution in [0.3, 0.4) is 0 Å². The van der Waals surface area contributed by atoms with Gasteiger partial charge in [0.1, 0.15) is 16.9 Å². The number of imidazole rings is 1. The zero-order valence-corrected chi connectivity index (χ0v) is 19.2. The average Bonchev–Trinajstić information content (AvgIpc) is 3.28. The summed E-state index contributed by atoms with van der Waals surface area (Å²) in [7, 11) is 0. The van der Waals surface area contributed by atoms with Gasteiger partial charge < -0.3 is 9.30 Å². The van der Waals surface area contributed by atoms with E-state index in [0.29, 0.717) is 5.75 Å². The maximum Gasteiger partial charge on any atom is 0.313 e. The molecule has 0 aliphatic carbocycles. The molecule has 31 heavy (non-hydrogen) atoms. The maximum absolute atomic E-state index is 12.5. The number of fused-ring (bicyclic) bond motifs is 5. The SMILES string of the molecule is CCCCCCn1cc(OC(=O)C(C)C)c2c1nc(C(C)C)n1c3ccccc3nc21. The lowest BCUT2D eigenvalue weighted by atomic mass is 10.2. The highest BCUT2D eigenvalue weighted by molar-refractivity contribution is 6.01. The summed E-state index contributed by atoms with van der Waals surface area (Å²) in [5, 5.41) is 0.810. The summed E-state index contributed by atoms with van der Waals surface area (Å²) in [6.45, 7) is 11.1. The number of ether oxygens (including phenoxy) is 1. The van der Waals surface area contributed by atoms with Crippen molar-refractivity contribution < 1.29 is 9.53 Å². The fourth-order valence-corrected chi connectivity index (χ4v) is 4.01. The highest BCUT2D eigenvalue weighted by atomic mass is 16.5. The van der Waals surface area contributed by atoms with E-state index in [1.54, 1.807) is 0 Å². The lowest BCUT2D eigenvalue weighted by Gasteiger charge is -2.12. The topological polar surface area (TPSA) is 61.4 Å². The molecule has 0 bridgehead atoms. The molecule has 4 rings (SSSR count). The van der Waals surface area contributed by atoms with Gasteiger partial charge in [-0.1, -0.05) is 66.0 Å². The standard InChI is InChI=1S/C25H32N4O2/c1-6-7-8-11-14-28-15-20(31-25(30)17(4)5)21-23(28)27-22(16(2)3)29-19-13-10-9-12-18(19)26-24(21)29/h9-10,12-13,15-17H,6-8,11,14H2,1-5H3.